The van der Waals surface area contributed by atoms with Gasteiger partial charge in [0, 0.05) is 6.42 Å². The van der Waals surface area contributed by atoms with Crippen molar-refractivity contribution in [3.63, 3.8) is 0 Å². The Morgan fingerprint density at radius 3 is 2.41 bits per heavy atom. The van der Waals surface area contributed by atoms with Crippen LogP contribution in [0.4, 0.5) is 0 Å². The number of rotatable bonds is 5. The number of hydrogen-bond donors (Lipinski definition) is 0. The first-order chi connectivity index (χ1) is 7.76. The van der Waals surface area contributed by atoms with Gasteiger partial charge in [-0.3, -0.25) is 0 Å². The predicted octanol–water partition coefficient (Wildman–Crippen LogP) is 3.14. The fraction of sp³-hybridized carbons (Fsp3) is 0.923. The second-order valence-electron chi connectivity index (χ2n) is 6.43. The maximum Gasteiger partial charge on any atom is 0.192 e. The van der Waals surface area contributed by atoms with Gasteiger partial charge >= 0.3 is 0 Å². The normalized spacial score (nSPS) is 26.2. The second kappa shape index (κ2) is 5.63. The van der Waals surface area contributed by atoms with E-state index in [4.69, 9.17) is 9.16 Å². The largest absolute Gasteiger partial charge is 0.414 e. The molecule has 1 aliphatic heterocycles. The van der Waals surface area contributed by atoms with Crippen LogP contribution in [0.25, 0.3) is 0 Å². The highest BCUT2D eigenvalue weighted by Crippen LogP contribution is 2.37. The summed E-state index contributed by atoms with van der Waals surface area (Å²) in [6.45, 7) is 11.9. The zero-order chi connectivity index (χ0) is 13.1. The first-order valence-corrected chi connectivity index (χ1v) is 9.40. The summed E-state index contributed by atoms with van der Waals surface area (Å²) in [4.78, 5) is 10.4. The first-order valence-electron chi connectivity index (χ1n) is 6.49. The van der Waals surface area contributed by atoms with Gasteiger partial charge in [-0.15, -0.1) is 0 Å². The van der Waals surface area contributed by atoms with E-state index >= 15 is 0 Å². The van der Waals surface area contributed by atoms with Crippen molar-refractivity contribution in [3.8, 4) is 0 Å². The molecule has 17 heavy (non-hydrogen) atoms. The molecule has 2 atom stereocenters. The van der Waals surface area contributed by atoms with Crippen molar-refractivity contribution in [1.29, 1.82) is 0 Å². The molecule has 1 rings (SSSR count). The second-order valence-corrected chi connectivity index (χ2v) is 11.2. The smallest absolute Gasteiger partial charge is 0.192 e. The third-order valence-electron chi connectivity index (χ3n) is 3.99. The highest BCUT2D eigenvalue weighted by molar-refractivity contribution is 6.74. The summed E-state index contributed by atoms with van der Waals surface area (Å²) in [6, 6.07) is 0. The van der Waals surface area contributed by atoms with Crippen LogP contribution in [0.3, 0.4) is 0 Å². The molecule has 0 bridgehead atoms. The molecule has 0 amide bonds. The quantitative estimate of drug-likeness (QED) is 0.561. The summed E-state index contributed by atoms with van der Waals surface area (Å²) < 4.78 is 11.9. The Bertz CT molecular complexity index is 258. The summed E-state index contributed by atoms with van der Waals surface area (Å²) in [7, 11) is -1.66. The molecule has 1 fully saturated rings. The summed E-state index contributed by atoms with van der Waals surface area (Å²) in [5, 5.41) is 0.244. The van der Waals surface area contributed by atoms with Crippen LogP contribution in [-0.4, -0.2) is 33.4 Å². The van der Waals surface area contributed by atoms with E-state index in [2.05, 4.69) is 33.9 Å². The summed E-state index contributed by atoms with van der Waals surface area (Å²) in [5.41, 5.74) is 0. The lowest BCUT2D eigenvalue weighted by atomic mass is 10.2. The summed E-state index contributed by atoms with van der Waals surface area (Å²) in [5.74, 6) is 0. The Morgan fingerprint density at radius 1 is 1.29 bits per heavy atom. The standard InChI is InChI=1S/C13H26O3Si/c1-13(2,3)17(4,5)15-10-12-7-6-11(16-12)8-9-14/h9,11-12H,6-8,10H2,1-5H3/t11?,12-/m1/s1. The monoisotopic (exact) mass is 258 g/mol. The van der Waals surface area contributed by atoms with Crippen molar-refractivity contribution < 1.29 is 14.0 Å². The summed E-state index contributed by atoms with van der Waals surface area (Å²) in [6.07, 6.45) is 3.80. The Kier molecular flexibility index (Phi) is 4.92. The highest BCUT2D eigenvalue weighted by Gasteiger charge is 2.38. The fourth-order valence-corrected chi connectivity index (χ4v) is 2.74. The zero-order valence-electron chi connectivity index (χ0n) is 11.8. The van der Waals surface area contributed by atoms with E-state index in [9.17, 15) is 4.79 Å². The van der Waals surface area contributed by atoms with Crippen molar-refractivity contribution >= 4 is 14.6 Å². The lowest BCUT2D eigenvalue weighted by Gasteiger charge is -2.36. The number of carbonyl (C=O) groups excluding carboxylic acids is 1. The molecule has 0 N–H and O–H groups in total. The van der Waals surface area contributed by atoms with Gasteiger partial charge in [0.2, 0.25) is 0 Å². The molecular formula is C13H26O3Si. The van der Waals surface area contributed by atoms with Crippen LogP contribution in [-0.2, 0) is 14.0 Å². The number of ether oxygens (including phenoxy) is 1. The van der Waals surface area contributed by atoms with Gasteiger partial charge in [0.15, 0.2) is 8.32 Å². The van der Waals surface area contributed by atoms with Crippen LogP contribution >= 0.6 is 0 Å². The third-order valence-corrected chi connectivity index (χ3v) is 8.49. The van der Waals surface area contributed by atoms with E-state index in [-0.39, 0.29) is 17.2 Å². The molecule has 1 unspecified atom stereocenters. The zero-order valence-corrected chi connectivity index (χ0v) is 12.8. The van der Waals surface area contributed by atoms with Crippen LogP contribution in [0, 0.1) is 0 Å². The Balaban J connectivity index is 2.35. The average Bonchev–Trinajstić information content (AvgIpc) is 2.62. The minimum absolute atomic E-state index is 0.125. The maximum absolute atomic E-state index is 10.4. The van der Waals surface area contributed by atoms with Gasteiger partial charge in [-0.25, -0.2) is 0 Å². The number of hydrogen-bond acceptors (Lipinski definition) is 3. The minimum atomic E-state index is -1.66. The maximum atomic E-state index is 10.4. The van der Waals surface area contributed by atoms with E-state index in [1.54, 1.807) is 0 Å². The lowest BCUT2D eigenvalue weighted by molar-refractivity contribution is -0.110. The van der Waals surface area contributed by atoms with Gasteiger partial charge < -0.3 is 14.0 Å². The van der Waals surface area contributed by atoms with Gasteiger partial charge in [0.05, 0.1) is 18.8 Å². The molecule has 3 nitrogen and oxygen atoms in total. The molecular weight excluding hydrogens is 232 g/mol. The molecule has 0 aromatic heterocycles. The van der Waals surface area contributed by atoms with Crippen LogP contribution < -0.4 is 0 Å². The van der Waals surface area contributed by atoms with E-state index in [0.29, 0.717) is 13.0 Å². The number of carbonyl (C=O) groups is 1. The lowest BCUT2D eigenvalue weighted by Crippen LogP contribution is -2.42. The molecule has 0 spiro atoms. The third kappa shape index (κ3) is 4.19. The molecule has 1 aliphatic rings. The van der Waals surface area contributed by atoms with Gasteiger partial charge in [0.25, 0.3) is 0 Å². The molecule has 0 aliphatic carbocycles. The molecule has 100 valence electrons. The van der Waals surface area contributed by atoms with Gasteiger partial charge in [0.1, 0.15) is 6.29 Å². The van der Waals surface area contributed by atoms with Gasteiger partial charge in [-0.05, 0) is 31.0 Å². The predicted molar refractivity (Wildman–Crippen MR) is 71.7 cm³/mol. The molecule has 4 heteroatoms. The highest BCUT2D eigenvalue weighted by atomic mass is 28.4. The molecule has 0 aromatic carbocycles. The first kappa shape index (κ1) is 14.9. The van der Waals surface area contributed by atoms with Crippen molar-refractivity contribution in [2.75, 3.05) is 6.61 Å². The van der Waals surface area contributed by atoms with Crippen LogP contribution in [0.5, 0.6) is 0 Å². The van der Waals surface area contributed by atoms with Crippen molar-refractivity contribution in [3.05, 3.63) is 0 Å². The van der Waals surface area contributed by atoms with E-state index in [1.807, 2.05) is 0 Å². The molecule has 0 saturated carbocycles. The fourth-order valence-electron chi connectivity index (χ4n) is 1.70. The van der Waals surface area contributed by atoms with Gasteiger partial charge in [-0.2, -0.15) is 0 Å². The summed E-state index contributed by atoms with van der Waals surface area (Å²) >= 11 is 0. The SMILES string of the molecule is CC(C)(C)[Si](C)(C)OC[C@H]1CCC(CC=O)O1. The Hall–Kier alpha value is -0.193. The topological polar surface area (TPSA) is 35.5 Å². The van der Waals surface area contributed by atoms with Gasteiger partial charge in [-0.1, -0.05) is 20.8 Å². The Labute approximate surface area is 106 Å². The molecule has 1 heterocycles. The minimum Gasteiger partial charge on any atom is -0.414 e. The molecule has 0 aromatic rings. The van der Waals surface area contributed by atoms with E-state index in [1.165, 1.54) is 0 Å². The Morgan fingerprint density at radius 2 is 1.88 bits per heavy atom. The number of aldehydes is 1. The van der Waals surface area contributed by atoms with Crippen LogP contribution in [0.1, 0.15) is 40.0 Å². The van der Waals surface area contributed by atoms with Crippen molar-refractivity contribution in [1.82, 2.24) is 0 Å². The van der Waals surface area contributed by atoms with Crippen LogP contribution in [0.15, 0.2) is 0 Å². The van der Waals surface area contributed by atoms with E-state index < -0.39 is 8.32 Å². The molecule has 0 radical (unpaired) electrons. The molecule has 1 saturated heterocycles. The van der Waals surface area contributed by atoms with E-state index in [0.717, 1.165) is 19.1 Å². The van der Waals surface area contributed by atoms with Crippen molar-refractivity contribution in [2.24, 2.45) is 0 Å². The van der Waals surface area contributed by atoms with Crippen LogP contribution in [0.2, 0.25) is 18.1 Å². The van der Waals surface area contributed by atoms with Crippen molar-refractivity contribution in [2.45, 2.75) is 70.4 Å². The average molecular weight is 258 g/mol.